The number of ether oxygens (including phenoxy) is 1. The maximum atomic E-state index is 10.6. The van der Waals surface area contributed by atoms with Gasteiger partial charge in [0.1, 0.15) is 0 Å². The number of alkyl halides is 9. The topological polar surface area (TPSA) is 145 Å². The van der Waals surface area contributed by atoms with Crippen LogP contribution in [0, 0.1) is 5.92 Å². The molecule has 45 heavy (non-hydrogen) atoms. The van der Waals surface area contributed by atoms with Gasteiger partial charge in [-0.15, -0.1) is 0 Å². The Kier molecular flexibility index (Phi) is 15.0. The molecule has 0 aromatic carbocycles. The molecule has 0 aliphatic carbocycles. The van der Waals surface area contributed by atoms with Crippen molar-refractivity contribution in [3.05, 3.63) is 18.5 Å². The molecule has 3 aliphatic rings. The molecule has 0 spiro atoms. The summed E-state index contributed by atoms with van der Waals surface area (Å²) in [5, 5.41) is 25.8. The first-order chi connectivity index (χ1) is 20.6. The molecule has 260 valence electrons. The summed E-state index contributed by atoms with van der Waals surface area (Å²) in [6, 6.07) is 4.82. The van der Waals surface area contributed by atoms with Crippen LogP contribution >= 0.6 is 0 Å². The number of hydrogen-bond acceptors (Lipinski definition) is 7. The van der Waals surface area contributed by atoms with Crippen molar-refractivity contribution in [2.24, 2.45) is 5.92 Å². The number of fused-ring (bicyclic) bond motifs is 1. The Balaban J connectivity index is 0.000000396. The molecule has 20 heteroatoms. The second-order valence-corrected chi connectivity index (χ2v) is 10.5. The highest BCUT2D eigenvalue weighted by Gasteiger charge is 2.46. The first-order valence-corrected chi connectivity index (χ1v) is 13.5. The Bertz CT molecular complexity index is 1000. The zero-order chi connectivity index (χ0) is 34.8. The van der Waals surface area contributed by atoms with Gasteiger partial charge < -0.3 is 20.1 Å². The van der Waals surface area contributed by atoms with Crippen molar-refractivity contribution < 1.29 is 74.0 Å². The molecule has 0 amide bonds. The largest absolute Gasteiger partial charge is 0.490 e. The van der Waals surface area contributed by atoms with E-state index in [1.165, 1.54) is 38.8 Å². The molecular weight excluding hydrogens is 639 g/mol. The molecule has 3 aliphatic heterocycles. The van der Waals surface area contributed by atoms with E-state index in [-0.39, 0.29) is 0 Å². The molecule has 1 aromatic heterocycles. The van der Waals surface area contributed by atoms with E-state index in [1.807, 2.05) is 12.3 Å². The van der Waals surface area contributed by atoms with Crippen molar-refractivity contribution in [2.45, 2.75) is 88.8 Å². The molecule has 11 nitrogen and oxygen atoms in total. The van der Waals surface area contributed by atoms with E-state index >= 15 is 0 Å². The van der Waals surface area contributed by atoms with E-state index in [0.29, 0.717) is 12.1 Å². The van der Waals surface area contributed by atoms with Gasteiger partial charge >= 0.3 is 36.4 Å². The number of carboxylic acid groups (broad SMARTS) is 3. The fourth-order valence-electron chi connectivity index (χ4n) is 5.39. The molecule has 0 unspecified atom stereocenters. The summed E-state index contributed by atoms with van der Waals surface area (Å²) in [7, 11) is 0. The van der Waals surface area contributed by atoms with Gasteiger partial charge in [-0.25, -0.2) is 14.4 Å². The number of aromatic nitrogens is 2. The lowest BCUT2D eigenvalue weighted by Crippen LogP contribution is -2.52. The molecule has 3 fully saturated rings. The fourth-order valence-corrected chi connectivity index (χ4v) is 5.39. The fraction of sp³-hybridized carbons (Fsp3) is 0.760. The number of likely N-dealkylation sites (tertiary alicyclic amines) is 2. The summed E-state index contributed by atoms with van der Waals surface area (Å²) < 4.78 is 103. The van der Waals surface area contributed by atoms with Gasteiger partial charge in [0.05, 0.1) is 6.54 Å². The summed E-state index contributed by atoms with van der Waals surface area (Å²) >= 11 is 0. The molecule has 3 atom stereocenters. The molecule has 3 saturated heterocycles. The molecule has 1 aromatic rings. The number of rotatable bonds is 4. The SMILES string of the molecule is CC(C)N1[C@H](Cn2cccn2)C[C@@H]2CN(C3CCOCC3)CC[C@@H]21.O=C(O)C(F)(F)F.O=C(O)C(F)(F)F.O=C(O)C(F)(F)F. The van der Waals surface area contributed by atoms with Gasteiger partial charge in [0.25, 0.3) is 0 Å². The Labute approximate surface area is 251 Å². The third-order valence-corrected chi connectivity index (χ3v) is 7.09. The van der Waals surface area contributed by atoms with Crippen LogP contribution in [-0.2, 0) is 25.7 Å². The lowest BCUT2D eigenvalue weighted by Gasteiger charge is -2.44. The molecule has 4 heterocycles. The van der Waals surface area contributed by atoms with Crippen molar-refractivity contribution in [3.63, 3.8) is 0 Å². The van der Waals surface area contributed by atoms with Crippen LogP contribution in [-0.4, -0.2) is 122 Å². The molecule has 3 N–H and O–H groups in total. The predicted molar refractivity (Wildman–Crippen MR) is 136 cm³/mol. The van der Waals surface area contributed by atoms with Crippen molar-refractivity contribution >= 4 is 17.9 Å². The minimum absolute atomic E-state index is 0.621. The first-order valence-electron chi connectivity index (χ1n) is 13.5. The zero-order valence-corrected chi connectivity index (χ0v) is 24.1. The van der Waals surface area contributed by atoms with Crippen LogP contribution in [0.3, 0.4) is 0 Å². The second kappa shape index (κ2) is 17.0. The van der Waals surface area contributed by atoms with Gasteiger partial charge in [0.2, 0.25) is 0 Å². The van der Waals surface area contributed by atoms with Crippen LogP contribution in [0.4, 0.5) is 39.5 Å². The van der Waals surface area contributed by atoms with Gasteiger partial charge in [0.15, 0.2) is 0 Å². The minimum Gasteiger partial charge on any atom is -0.475 e. The van der Waals surface area contributed by atoms with Crippen LogP contribution in [0.1, 0.15) is 39.5 Å². The molecular formula is C25H35F9N4O7. The summed E-state index contributed by atoms with van der Waals surface area (Å²) in [5.74, 6) is -7.45. The number of piperidine rings is 1. The van der Waals surface area contributed by atoms with E-state index in [9.17, 15) is 39.5 Å². The van der Waals surface area contributed by atoms with Crippen molar-refractivity contribution in [3.8, 4) is 0 Å². The van der Waals surface area contributed by atoms with Crippen LogP contribution in [0.5, 0.6) is 0 Å². The lowest BCUT2D eigenvalue weighted by molar-refractivity contribution is -0.193. The molecule has 0 radical (unpaired) electrons. The van der Waals surface area contributed by atoms with Gasteiger partial charge in [0, 0.05) is 56.3 Å². The third kappa shape index (κ3) is 13.8. The second-order valence-electron chi connectivity index (χ2n) is 10.5. The normalized spacial score (nSPS) is 23.0. The van der Waals surface area contributed by atoms with E-state index in [1.54, 1.807) is 0 Å². The standard InChI is InChI=1S/C19H32N4O.3C2HF3O2/c1-15(2)23-18(14-22-8-3-7-20-22)12-16-13-21(9-4-19(16)23)17-5-10-24-11-6-17;3*3-2(4,5)1(6)7/h3,7-8,15-19H,4-6,9-14H2,1-2H3;3*(H,6,7)/t16-,18+,19+;;;/m1.../s1. The third-order valence-electron chi connectivity index (χ3n) is 7.09. The summed E-state index contributed by atoms with van der Waals surface area (Å²) in [5.41, 5.74) is 0. The van der Waals surface area contributed by atoms with Crippen LogP contribution in [0.15, 0.2) is 18.5 Å². The van der Waals surface area contributed by atoms with Crippen molar-refractivity contribution in [1.82, 2.24) is 19.6 Å². The monoisotopic (exact) mass is 674 g/mol. The summed E-state index contributed by atoms with van der Waals surface area (Å²) in [6.45, 7) is 10.2. The summed E-state index contributed by atoms with van der Waals surface area (Å²) in [4.78, 5) is 32.3. The van der Waals surface area contributed by atoms with Crippen LogP contribution in [0.2, 0.25) is 0 Å². The Morgan fingerprint density at radius 3 is 1.71 bits per heavy atom. The van der Waals surface area contributed by atoms with Gasteiger partial charge in [-0.2, -0.15) is 44.6 Å². The Morgan fingerprint density at radius 2 is 1.33 bits per heavy atom. The Morgan fingerprint density at radius 1 is 0.867 bits per heavy atom. The number of hydrogen-bond donors (Lipinski definition) is 3. The average Bonchev–Trinajstić information content (AvgIpc) is 3.55. The quantitative estimate of drug-likeness (QED) is 0.399. The highest BCUT2D eigenvalue weighted by atomic mass is 19.4. The predicted octanol–water partition coefficient (Wildman–Crippen LogP) is 4.14. The number of halogens is 9. The number of aliphatic carboxylic acids is 3. The minimum atomic E-state index is -5.08. The molecule has 0 saturated carbocycles. The van der Waals surface area contributed by atoms with Crippen molar-refractivity contribution in [2.75, 3.05) is 26.3 Å². The Hall–Kier alpha value is -3.13. The van der Waals surface area contributed by atoms with Crippen LogP contribution < -0.4 is 0 Å². The van der Waals surface area contributed by atoms with Gasteiger partial charge in [-0.3, -0.25) is 14.5 Å². The summed E-state index contributed by atoms with van der Waals surface area (Å²) in [6.07, 6.45) is -6.15. The number of carboxylic acids is 3. The maximum absolute atomic E-state index is 10.6. The first kappa shape index (κ1) is 39.9. The number of carbonyl (C=O) groups is 3. The zero-order valence-electron chi connectivity index (χ0n) is 24.1. The number of nitrogens with zero attached hydrogens (tertiary/aromatic N) is 4. The highest BCUT2D eigenvalue weighted by molar-refractivity contribution is 5.73. The van der Waals surface area contributed by atoms with Gasteiger partial charge in [-0.1, -0.05) is 0 Å². The van der Waals surface area contributed by atoms with E-state index in [0.717, 1.165) is 37.8 Å². The van der Waals surface area contributed by atoms with Gasteiger partial charge in [-0.05, 0) is 58.1 Å². The van der Waals surface area contributed by atoms with E-state index in [2.05, 4.69) is 39.6 Å². The van der Waals surface area contributed by atoms with Crippen molar-refractivity contribution in [1.29, 1.82) is 0 Å². The average molecular weight is 675 g/mol. The van der Waals surface area contributed by atoms with Crippen LogP contribution in [0.25, 0.3) is 0 Å². The molecule has 0 bridgehead atoms. The highest BCUT2D eigenvalue weighted by Crippen LogP contribution is 2.38. The van der Waals surface area contributed by atoms with E-state index in [4.69, 9.17) is 34.4 Å². The van der Waals surface area contributed by atoms with E-state index < -0.39 is 36.4 Å². The molecule has 4 rings (SSSR count). The lowest BCUT2D eigenvalue weighted by atomic mass is 9.90. The smallest absolute Gasteiger partial charge is 0.475 e. The maximum Gasteiger partial charge on any atom is 0.490 e.